The lowest BCUT2D eigenvalue weighted by Gasteiger charge is -2.05. The number of hydrogen-bond donors (Lipinski definition) is 2. The average molecular weight is 367 g/mol. The summed E-state index contributed by atoms with van der Waals surface area (Å²) in [6.45, 7) is 2.24. The monoisotopic (exact) mass is 367 g/mol. The topological polar surface area (TPSA) is 94.3 Å². The number of esters is 1. The van der Waals surface area contributed by atoms with Crippen molar-refractivity contribution < 1.29 is 14.3 Å². The van der Waals surface area contributed by atoms with Gasteiger partial charge in [0.15, 0.2) is 11.7 Å². The number of nitrogens with two attached hydrogens (primary N) is 1. The first-order valence-electron chi connectivity index (χ1n) is 7.81. The molecule has 2 rings (SSSR count). The summed E-state index contributed by atoms with van der Waals surface area (Å²) in [7, 11) is 0. The number of unbranched alkanes of at least 4 members (excludes halogenated alkanes) is 2. The van der Waals surface area contributed by atoms with Crippen molar-refractivity contribution in [1.29, 1.82) is 0 Å². The minimum absolute atomic E-state index is 0.230. The van der Waals surface area contributed by atoms with Crippen molar-refractivity contribution in [2.75, 3.05) is 12.3 Å². The van der Waals surface area contributed by atoms with Crippen molar-refractivity contribution in [2.45, 2.75) is 39.2 Å². The second-order valence-electron chi connectivity index (χ2n) is 5.23. The number of rotatable bonds is 9. The first kappa shape index (κ1) is 18.4. The number of carbonyl (C=O) groups excluding carboxylic acids is 2. The van der Waals surface area contributed by atoms with E-state index in [0.717, 1.165) is 34.7 Å². The van der Waals surface area contributed by atoms with Gasteiger partial charge < -0.3 is 15.8 Å². The zero-order valence-electron chi connectivity index (χ0n) is 13.5. The van der Waals surface area contributed by atoms with Crippen molar-refractivity contribution in [2.24, 2.45) is 0 Å². The van der Waals surface area contributed by atoms with Crippen LogP contribution in [0.15, 0.2) is 17.5 Å². The number of nitrogens with zero attached hydrogens (tertiary/aromatic N) is 1. The summed E-state index contributed by atoms with van der Waals surface area (Å²) in [6, 6.07) is 3.89. The molecule has 0 saturated heterocycles. The molecule has 2 aromatic heterocycles. The SMILES string of the molecule is CCCCCC(=O)OCC(=O)NCc1ccc(-c2csc(N)n2)s1. The van der Waals surface area contributed by atoms with Gasteiger partial charge >= 0.3 is 5.97 Å². The largest absolute Gasteiger partial charge is 0.456 e. The van der Waals surface area contributed by atoms with E-state index in [2.05, 4.69) is 17.2 Å². The maximum atomic E-state index is 11.7. The molecule has 0 aromatic carbocycles. The Balaban J connectivity index is 1.70. The predicted molar refractivity (Wildman–Crippen MR) is 96.8 cm³/mol. The van der Waals surface area contributed by atoms with Crippen molar-refractivity contribution >= 4 is 39.7 Å². The van der Waals surface area contributed by atoms with E-state index in [0.29, 0.717) is 18.1 Å². The van der Waals surface area contributed by atoms with Crippen LogP contribution in [0.4, 0.5) is 5.13 Å². The molecule has 8 heteroatoms. The van der Waals surface area contributed by atoms with Crippen LogP contribution in [0, 0.1) is 0 Å². The highest BCUT2D eigenvalue weighted by Gasteiger charge is 2.09. The lowest BCUT2D eigenvalue weighted by molar-refractivity contribution is -0.148. The molecular formula is C16H21N3O3S2. The first-order valence-corrected chi connectivity index (χ1v) is 9.50. The van der Waals surface area contributed by atoms with Gasteiger partial charge in [-0.15, -0.1) is 22.7 Å². The van der Waals surface area contributed by atoms with Crippen molar-refractivity contribution in [3.8, 4) is 10.6 Å². The second-order valence-corrected chi connectivity index (χ2v) is 7.29. The van der Waals surface area contributed by atoms with Gasteiger partial charge in [-0.2, -0.15) is 0 Å². The number of nitrogens with one attached hydrogen (secondary N) is 1. The Morgan fingerprint density at radius 2 is 2.17 bits per heavy atom. The fourth-order valence-electron chi connectivity index (χ4n) is 1.99. The molecule has 0 bridgehead atoms. The summed E-state index contributed by atoms with van der Waals surface area (Å²) in [4.78, 5) is 29.4. The highest BCUT2D eigenvalue weighted by atomic mass is 32.1. The number of hydrogen-bond acceptors (Lipinski definition) is 7. The molecule has 0 aliphatic heterocycles. The third kappa shape index (κ3) is 5.93. The molecule has 0 spiro atoms. The van der Waals surface area contributed by atoms with Crippen LogP contribution in [0.1, 0.15) is 37.5 Å². The Bertz CT molecular complexity index is 682. The molecule has 0 aliphatic rings. The number of anilines is 1. The van der Waals surface area contributed by atoms with Crippen LogP contribution in [0.25, 0.3) is 10.6 Å². The van der Waals surface area contributed by atoms with E-state index in [1.54, 1.807) is 11.3 Å². The van der Waals surface area contributed by atoms with E-state index in [9.17, 15) is 9.59 Å². The van der Waals surface area contributed by atoms with Gasteiger partial charge in [-0.05, 0) is 18.6 Å². The summed E-state index contributed by atoms with van der Waals surface area (Å²) in [5.74, 6) is -0.621. The van der Waals surface area contributed by atoms with E-state index < -0.39 is 0 Å². The Morgan fingerprint density at radius 3 is 2.88 bits per heavy atom. The normalized spacial score (nSPS) is 10.5. The number of carbonyl (C=O) groups is 2. The quantitative estimate of drug-likeness (QED) is 0.524. The van der Waals surface area contributed by atoms with Crippen LogP contribution in [-0.2, 0) is 20.9 Å². The average Bonchev–Trinajstić information content (AvgIpc) is 3.20. The lowest BCUT2D eigenvalue weighted by atomic mass is 10.2. The summed E-state index contributed by atoms with van der Waals surface area (Å²) in [5.41, 5.74) is 6.48. The van der Waals surface area contributed by atoms with Crippen molar-refractivity contribution in [3.63, 3.8) is 0 Å². The van der Waals surface area contributed by atoms with Gasteiger partial charge in [0.2, 0.25) is 0 Å². The summed E-state index contributed by atoms with van der Waals surface area (Å²) >= 11 is 2.94. The Kier molecular flexibility index (Phi) is 7.20. The van der Waals surface area contributed by atoms with Gasteiger partial charge in [-0.1, -0.05) is 19.8 Å². The third-order valence-corrected chi connectivity index (χ3v) is 5.03. The predicted octanol–water partition coefficient (Wildman–Crippen LogP) is 3.19. The van der Waals surface area contributed by atoms with E-state index in [-0.39, 0.29) is 18.5 Å². The van der Waals surface area contributed by atoms with Gasteiger partial charge in [-0.3, -0.25) is 9.59 Å². The van der Waals surface area contributed by atoms with E-state index in [1.165, 1.54) is 11.3 Å². The van der Waals surface area contributed by atoms with Crippen LogP contribution >= 0.6 is 22.7 Å². The van der Waals surface area contributed by atoms with Gasteiger partial charge in [0.05, 0.1) is 17.1 Å². The van der Waals surface area contributed by atoms with Gasteiger partial charge in [-0.25, -0.2) is 4.98 Å². The highest BCUT2D eigenvalue weighted by Crippen LogP contribution is 2.29. The number of nitrogen functional groups attached to an aromatic ring is 1. The van der Waals surface area contributed by atoms with Crippen LogP contribution < -0.4 is 11.1 Å². The van der Waals surface area contributed by atoms with Crippen LogP contribution in [-0.4, -0.2) is 23.5 Å². The minimum atomic E-state index is -0.321. The summed E-state index contributed by atoms with van der Waals surface area (Å²) in [5, 5.41) is 5.18. The van der Waals surface area contributed by atoms with Crippen LogP contribution in [0.5, 0.6) is 0 Å². The van der Waals surface area contributed by atoms with Crippen molar-refractivity contribution in [1.82, 2.24) is 10.3 Å². The summed E-state index contributed by atoms with van der Waals surface area (Å²) in [6.07, 6.45) is 3.21. The molecule has 6 nitrogen and oxygen atoms in total. The Hall–Kier alpha value is -1.93. The molecule has 3 N–H and O–H groups in total. The standard InChI is InChI=1S/C16H21N3O3S2/c1-2-3-4-5-15(21)22-9-14(20)18-8-11-6-7-13(24-11)12-10-23-16(17)19-12/h6-7,10H,2-5,8-9H2,1H3,(H2,17,19)(H,18,20). The maximum Gasteiger partial charge on any atom is 0.306 e. The molecule has 0 radical (unpaired) electrons. The molecular weight excluding hydrogens is 346 g/mol. The smallest absolute Gasteiger partial charge is 0.306 e. The molecule has 0 unspecified atom stereocenters. The zero-order valence-corrected chi connectivity index (χ0v) is 15.2. The fourth-order valence-corrected chi connectivity index (χ4v) is 3.53. The second kappa shape index (κ2) is 9.39. The zero-order chi connectivity index (χ0) is 17.4. The number of thiazole rings is 1. The van der Waals surface area contributed by atoms with E-state index >= 15 is 0 Å². The number of amides is 1. The molecule has 2 aromatic rings. The molecule has 0 fully saturated rings. The van der Waals surface area contributed by atoms with Gasteiger partial charge in [0.25, 0.3) is 5.91 Å². The van der Waals surface area contributed by atoms with Crippen LogP contribution in [0.2, 0.25) is 0 Å². The minimum Gasteiger partial charge on any atom is -0.456 e. The maximum absolute atomic E-state index is 11.7. The Morgan fingerprint density at radius 1 is 1.33 bits per heavy atom. The molecule has 0 atom stereocenters. The van der Waals surface area contributed by atoms with E-state index in [4.69, 9.17) is 10.5 Å². The fraction of sp³-hybridized carbons (Fsp3) is 0.438. The molecule has 2 heterocycles. The molecule has 0 aliphatic carbocycles. The number of ether oxygens (including phenoxy) is 1. The molecule has 1 amide bonds. The van der Waals surface area contributed by atoms with Gasteiger partial charge in [0, 0.05) is 16.7 Å². The first-order chi connectivity index (χ1) is 11.6. The Labute approximate surface area is 149 Å². The molecule has 24 heavy (non-hydrogen) atoms. The third-order valence-electron chi connectivity index (χ3n) is 3.24. The number of aromatic nitrogens is 1. The molecule has 0 saturated carbocycles. The highest BCUT2D eigenvalue weighted by molar-refractivity contribution is 7.16. The molecule has 130 valence electrons. The van der Waals surface area contributed by atoms with Crippen molar-refractivity contribution in [3.05, 3.63) is 22.4 Å². The number of thiophene rings is 1. The van der Waals surface area contributed by atoms with Gasteiger partial charge in [0.1, 0.15) is 0 Å². The van der Waals surface area contributed by atoms with Crippen LogP contribution in [0.3, 0.4) is 0 Å². The van der Waals surface area contributed by atoms with E-state index in [1.807, 2.05) is 17.5 Å². The lowest BCUT2D eigenvalue weighted by Crippen LogP contribution is -2.28. The summed E-state index contributed by atoms with van der Waals surface area (Å²) < 4.78 is 4.95.